The van der Waals surface area contributed by atoms with Crippen LogP contribution in [0.3, 0.4) is 0 Å². The summed E-state index contributed by atoms with van der Waals surface area (Å²) in [6.45, 7) is 6.08. The van der Waals surface area contributed by atoms with E-state index in [0.717, 1.165) is 60.3 Å². The maximum atomic E-state index is 13.0. The van der Waals surface area contributed by atoms with Crippen molar-refractivity contribution in [2.24, 2.45) is 5.92 Å². The van der Waals surface area contributed by atoms with E-state index in [1.807, 2.05) is 32.0 Å². The highest BCUT2D eigenvalue weighted by Gasteiger charge is 2.44. The second-order valence-electron chi connectivity index (χ2n) is 9.58. The van der Waals surface area contributed by atoms with E-state index >= 15 is 0 Å². The number of anilines is 3. The Balaban J connectivity index is 1.43. The number of aromatic nitrogens is 4. The van der Waals surface area contributed by atoms with Gasteiger partial charge in [-0.2, -0.15) is 5.10 Å². The molecule has 180 valence electrons. The molecule has 9 heteroatoms. The number of hydrogen-bond donors (Lipinski definition) is 3. The third-order valence-electron chi connectivity index (χ3n) is 7.23. The third kappa shape index (κ3) is 4.15. The number of methoxy groups -OCH3 is 1. The van der Waals surface area contributed by atoms with Gasteiger partial charge in [0.25, 0.3) is 0 Å². The average molecular weight is 464 g/mol. The molecule has 2 aliphatic rings. The average Bonchev–Trinajstić information content (AvgIpc) is 3.36. The molecule has 5 heterocycles. The lowest BCUT2D eigenvalue weighted by Gasteiger charge is -2.40. The first kappa shape index (κ1) is 22.4. The van der Waals surface area contributed by atoms with Crippen LogP contribution < -0.4 is 15.4 Å². The SMILES string of the molecule is CCC(C)C(=O)N1[C@@H]2CC[C@H]1CC(Nc1nc(Nc3cc(C)[nH]n3)cc3nccc(OC)c13)C2. The molecule has 0 radical (unpaired) electrons. The zero-order chi connectivity index (χ0) is 23.8. The van der Waals surface area contributed by atoms with Crippen LogP contribution in [0.25, 0.3) is 10.9 Å². The van der Waals surface area contributed by atoms with Gasteiger partial charge in [0.15, 0.2) is 5.82 Å². The molecule has 2 aliphatic heterocycles. The van der Waals surface area contributed by atoms with Crippen molar-refractivity contribution in [1.82, 2.24) is 25.1 Å². The number of piperidine rings is 1. The standard InChI is InChI=1S/C25H33N7O2/c1-5-14(2)25(33)32-17-6-7-18(32)12-16(11-17)27-24-23-19(26-9-8-20(23)34-4)13-21(29-24)28-22-10-15(3)30-31-22/h8-10,13-14,16-18H,5-7,11-12H2,1-4H3,(H3,27,28,29,30,31)/t14?,16?,17-,18+. The van der Waals surface area contributed by atoms with Crippen LogP contribution in [0.15, 0.2) is 24.4 Å². The first-order chi connectivity index (χ1) is 16.5. The van der Waals surface area contributed by atoms with Crippen LogP contribution in [0, 0.1) is 12.8 Å². The summed E-state index contributed by atoms with van der Waals surface area (Å²) in [5, 5.41) is 15.0. The minimum absolute atomic E-state index is 0.0852. The van der Waals surface area contributed by atoms with Crippen molar-refractivity contribution in [1.29, 1.82) is 0 Å². The van der Waals surface area contributed by atoms with E-state index in [9.17, 15) is 4.79 Å². The van der Waals surface area contributed by atoms with Gasteiger partial charge in [-0.15, -0.1) is 0 Å². The van der Waals surface area contributed by atoms with Crippen LogP contribution in [-0.2, 0) is 4.79 Å². The molecule has 1 amide bonds. The molecule has 9 nitrogen and oxygen atoms in total. The van der Waals surface area contributed by atoms with Gasteiger partial charge in [0, 0.05) is 48.1 Å². The highest BCUT2D eigenvalue weighted by Crippen LogP contribution is 2.39. The van der Waals surface area contributed by atoms with E-state index in [1.165, 1.54) is 0 Å². The van der Waals surface area contributed by atoms with Gasteiger partial charge in [-0.05, 0) is 45.1 Å². The van der Waals surface area contributed by atoms with Gasteiger partial charge in [-0.3, -0.25) is 14.9 Å². The summed E-state index contributed by atoms with van der Waals surface area (Å²) in [5.41, 5.74) is 1.76. The molecule has 2 fully saturated rings. The van der Waals surface area contributed by atoms with E-state index in [4.69, 9.17) is 9.72 Å². The number of aromatic amines is 1. The van der Waals surface area contributed by atoms with Gasteiger partial charge >= 0.3 is 0 Å². The van der Waals surface area contributed by atoms with Crippen molar-refractivity contribution in [2.75, 3.05) is 17.7 Å². The van der Waals surface area contributed by atoms with E-state index in [-0.39, 0.29) is 24.0 Å². The molecule has 3 aromatic heterocycles. The summed E-state index contributed by atoms with van der Waals surface area (Å²) in [7, 11) is 1.66. The minimum atomic E-state index is 0.0852. The smallest absolute Gasteiger partial charge is 0.225 e. The second kappa shape index (κ2) is 9.12. The molecule has 34 heavy (non-hydrogen) atoms. The number of carbonyl (C=O) groups is 1. The highest BCUT2D eigenvalue weighted by atomic mass is 16.5. The van der Waals surface area contributed by atoms with Crippen LogP contribution in [0.2, 0.25) is 0 Å². The first-order valence-corrected chi connectivity index (χ1v) is 12.2. The first-order valence-electron chi connectivity index (χ1n) is 12.2. The summed E-state index contributed by atoms with van der Waals surface area (Å²) >= 11 is 0. The number of amides is 1. The number of H-pyrrole nitrogens is 1. The lowest BCUT2D eigenvalue weighted by atomic mass is 9.95. The molecular formula is C25H33N7O2. The van der Waals surface area contributed by atoms with Crippen molar-refractivity contribution in [3.8, 4) is 5.75 Å². The van der Waals surface area contributed by atoms with Crippen LogP contribution in [-0.4, -0.2) is 56.2 Å². The number of rotatable bonds is 7. The molecule has 0 spiro atoms. The zero-order valence-corrected chi connectivity index (χ0v) is 20.3. The molecule has 0 saturated carbocycles. The molecule has 3 N–H and O–H groups in total. The Bertz CT molecular complexity index is 1180. The van der Waals surface area contributed by atoms with Crippen molar-refractivity contribution in [3.63, 3.8) is 0 Å². The highest BCUT2D eigenvalue weighted by molar-refractivity contribution is 5.96. The fraction of sp³-hybridized carbons (Fsp3) is 0.520. The Kier molecular flexibility index (Phi) is 6.02. The van der Waals surface area contributed by atoms with E-state index in [1.54, 1.807) is 13.3 Å². The van der Waals surface area contributed by atoms with Crippen molar-refractivity contribution < 1.29 is 9.53 Å². The van der Waals surface area contributed by atoms with Gasteiger partial charge in [0.1, 0.15) is 17.4 Å². The maximum Gasteiger partial charge on any atom is 0.225 e. The van der Waals surface area contributed by atoms with E-state index < -0.39 is 0 Å². The molecular weight excluding hydrogens is 430 g/mol. The largest absolute Gasteiger partial charge is 0.496 e. The predicted molar refractivity (Wildman–Crippen MR) is 132 cm³/mol. The Morgan fingerprint density at radius 2 is 2.03 bits per heavy atom. The zero-order valence-electron chi connectivity index (χ0n) is 20.3. The lowest BCUT2D eigenvalue weighted by Crippen LogP contribution is -2.51. The predicted octanol–water partition coefficient (Wildman–Crippen LogP) is 4.39. The van der Waals surface area contributed by atoms with Crippen LogP contribution in [0.5, 0.6) is 5.75 Å². The maximum absolute atomic E-state index is 13.0. The number of aryl methyl sites for hydroxylation is 1. The van der Waals surface area contributed by atoms with E-state index in [0.29, 0.717) is 17.5 Å². The number of carbonyl (C=O) groups excluding carboxylic acids is 1. The number of fused-ring (bicyclic) bond motifs is 3. The fourth-order valence-electron chi connectivity index (χ4n) is 5.37. The van der Waals surface area contributed by atoms with Gasteiger partial charge in [0.05, 0.1) is 18.0 Å². The molecule has 5 rings (SSSR count). The third-order valence-corrected chi connectivity index (χ3v) is 7.23. The Morgan fingerprint density at radius 1 is 1.26 bits per heavy atom. The Hall–Kier alpha value is -3.36. The number of nitrogens with one attached hydrogen (secondary N) is 3. The van der Waals surface area contributed by atoms with Gasteiger partial charge < -0.3 is 20.3 Å². The topological polar surface area (TPSA) is 108 Å². The minimum Gasteiger partial charge on any atom is -0.496 e. The molecule has 4 atom stereocenters. The Morgan fingerprint density at radius 3 is 2.68 bits per heavy atom. The number of pyridine rings is 2. The summed E-state index contributed by atoms with van der Waals surface area (Å²) in [5.74, 6) is 3.23. The number of ether oxygens (including phenoxy) is 1. The van der Waals surface area contributed by atoms with Crippen molar-refractivity contribution in [2.45, 2.75) is 71.0 Å². The van der Waals surface area contributed by atoms with Crippen molar-refractivity contribution >= 4 is 34.3 Å². The van der Waals surface area contributed by atoms with Crippen LogP contribution in [0.1, 0.15) is 51.6 Å². The summed E-state index contributed by atoms with van der Waals surface area (Å²) in [6, 6.07) is 6.50. The second-order valence-corrected chi connectivity index (χ2v) is 9.58. The lowest BCUT2D eigenvalue weighted by molar-refractivity contribution is -0.139. The van der Waals surface area contributed by atoms with E-state index in [2.05, 4.69) is 37.6 Å². The molecule has 0 aliphatic carbocycles. The number of nitrogens with zero attached hydrogens (tertiary/aromatic N) is 4. The van der Waals surface area contributed by atoms with Gasteiger partial charge in [-0.25, -0.2) is 4.98 Å². The number of hydrogen-bond acceptors (Lipinski definition) is 7. The summed E-state index contributed by atoms with van der Waals surface area (Å²) in [6.07, 6.45) is 6.61. The molecule has 0 aromatic carbocycles. The Labute approximate surface area is 199 Å². The fourth-order valence-corrected chi connectivity index (χ4v) is 5.37. The monoisotopic (exact) mass is 463 g/mol. The van der Waals surface area contributed by atoms with Crippen molar-refractivity contribution in [3.05, 3.63) is 30.1 Å². The molecule has 2 bridgehead atoms. The summed E-state index contributed by atoms with van der Waals surface area (Å²) < 4.78 is 5.65. The molecule has 2 unspecified atom stereocenters. The van der Waals surface area contributed by atoms with Crippen LogP contribution in [0.4, 0.5) is 17.5 Å². The summed E-state index contributed by atoms with van der Waals surface area (Å²) in [4.78, 5) is 24.6. The quantitative estimate of drug-likeness (QED) is 0.477. The normalized spacial score (nSPS) is 22.6. The van der Waals surface area contributed by atoms with Crippen LogP contribution >= 0.6 is 0 Å². The molecule has 2 saturated heterocycles. The van der Waals surface area contributed by atoms with Gasteiger partial charge in [-0.1, -0.05) is 13.8 Å². The molecule has 3 aromatic rings. The van der Waals surface area contributed by atoms with Gasteiger partial charge in [0.2, 0.25) is 5.91 Å².